The summed E-state index contributed by atoms with van der Waals surface area (Å²) in [4.78, 5) is 3.93. The fourth-order valence-electron chi connectivity index (χ4n) is 2.85. The summed E-state index contributed by atoms with van der Waals surface area (Å²) >= 11 is 1.08. The molecule has 1 N–H and O–H groups in total. The number of sulfonamides is 1. The van der Waals surface area contributed by atoms with Crippen molar-refractivity contribution in [3.05, 3.63) is 65.8 Å². The van der Waals surface area contributed by atoms with E-state index < -0.39 is 25.1 Å². The quantitative estimate of drug-likeness (QED) is 0.586. The molecule has 0 saturated heterocycles. The molecule has 0 spiro atoms. The number of fused-ring (bicyclic) bond motifs is 1. The molecule has 1 atom stereocenters. The predicted octanol–water partition coefficient (Wildman–Crippen LogP) is 2.37. The number of thiophene rings is 1. The molecule has 1 aromatic carbocycles. The molecule has 0 aliphatic carbocycles. The Hall–Kier alpha value is -2.47. The standard InChI is InChI=1S/C18H16N2O6S3/c21-28(22,18-4-2-8-27-18)17(13-3-1-7-19-10-13)11-20-29(23,24)14-5-6-15-16(9-14)26-12-25-15/h1-10,17,20H,11-12H2/t17-/m1/s1. The third kappa shape index (κ3) is 3.99. The maximum Gasteiger partial charge on any atom is 0.240 e. The van der Waals surface area contributed by atoms with Crippen molar-refractivity contribution in [1.29, 1.82) is 0 Å². The van der Waals surface area contributed by atoms with Crippen LogP contribution in [0.2, 0.25) is 0 Å². The maximum atomic E-state index is 13.1. The van der Waals surface area contributed by atoms with Crippen molar-refractivity contribution >= 4 is 31.2 Å². The predicted molar refractivity (Wildman–Crippen MR) is 106 cm³/mol. The molecule has 0 amide bonds. The van der Waals surface area contributed by atoms with E-state index in [0.29, 0.717) is 17.1 Å². The lowest BCUT2D eigenvalue weighted by molar-refractivity contribution is 0.174. The molecule has 8 nitrogen and oxygen atoms in total. The van der Waals surface area contributed by atoms with Crippen LogP contribution in [0, 0.1) is 0 Å². The van der Waals surface area contributed by atoms with Gasteiger partial charge in [-0.15, -0.1) is 11.3 Å². The van der Waals surface area contributed by atoms with Gasteiger partial charge in [0.1, 0.15) is 9.46 Å². The Balaban J connectivity index is 1.63. The molecule has 2 aromatic heterocycles. The molecule has 152 valence electrons. The van der Waals surface area contributed by atoms with Crippen LogP contribution >= 0.6 is 11.3 Å². The molecule has 4 rings (SSSR count). The highest BCUT2D eigenvalue weighted by atomic mass is 32.2. The molecule has 0 bridgehead atoms. The summed E-state index contributed by atoms with van der Waals surface area (Å²) in [6.45, 7) is -0.322. The molecule has 0 radical (unpaired) electrons. The van der Waals surface area contributed by atoms with Crippen LogP contribution in [-0.4, -0.2) is 35.2 Å². The Bertz CT molecular complexity index is 1210. The van der Waals surface area contributed by atoms with Crippen LogP contribution in [-0.2, 0) is 19.9 Å². The SMILES string of the molecule is O=S(=O)(NC[C@H](c1cccnc1)S(=O)(=O)c1cccs1)c1ccc2c(c1)OCO2. The number of sulfone groups is 1. The van der Waals surface area contributed by atoms with Crippen molar-refractivity contribution in [2.75, 3.05) is 13.3 Å². The summed E-state index contributed by atoms with van der Waals surface area (Å²) in [6, 6.07) is 10.6. The number of hydrogen-bond donors (Lipinski definition) is 1. The lowest BCUT2D eigenvalue weighted by Gasteiger charge is -2.18. The maximum absolute atomic E-state index is 13.1. The normalized spacial score (nSPS) is 14.6. The van der Waals surface area contributed by atoms with Gasteiger partial charge in [0.25, 0.3) is 0 Å². The molecule has 1 aliphatic rings. The summed E-state index contributed by atoms with van der Waals surface area (Å²) in [6.07, 6.45) is 2.94. The van der Waals surface area contributed by atoms with Crippen LogP contribution in [0.4, 0.5) is 0 Å². The van der Waals surface area contributed by atoms with E-state index in [-0.39, 0.29) is 22.4 Å². The van der Waals surface area contributed by atoms with E-state index in [1.54, 1.807) is 23.6 Å². The van der Waals surface area contributed by atoms with Crippen molar-refractivity contribution in [2.45, 2.75) is 14.4 Å². The number of hydrogen-bond acceptors (Lipinski definition) is 8. The third-order valence-corrected chi connectivity index (χ3v) is 9.27. The highest BCUT2D eigenvalue weighted by Gasteiger charge is 2.32. The van der Waals surface area contributed by atoms with Crippen LogP contribution in [0.5, 0.6) is 11.5 Å². The lowest BCUT2D eigenvalue weighted by atomic mass is 10.2. The average molecular weight is 453 g/mol. The first kappa shape index (κ1) is 19.8. The number of ether oxygens (including phenoxy) is 2. The first-order chi connectivity index (χ1) is 13.9. The van der Waals surface area contributed by atoms with Gasteiger partial charge < -0.3 is 9.47 Å². The molecule has 3 heterocycles. The molecule has 29 heavy (non-hydrogen) atoms. The summed E-state index contributed by atoms with van der Waals surface area (Å²) in [5, 5.41) is 0.530. The van der Waals surface area contributed by atoms with Crippen LogP contribution in [0.1, 0.15) is 10.8 Å². The zero-order valence-electron chi connectivity index (χ0n) is 14.9. The number of nitrogens with one attached hydrogen (secondary N) is 1. The van der Waals surface area contributed by atoms with E-state index >= 15 is 0 Å². The van der Waals surface area contributed by atoms with E-state index in [0.717, 1.165) is 11.3 Å². The van der Waals surface area contributed by atoms with E-state index in [1.165, 1.54) is 36.7 Å². The Labute approximate surface area is 172 Å². The van der Waals surface area contributed by atoms with E-state index in [9.17, 15) is 16.8 Å². The number of nitrogens with zero attached hydrogens (tertiary/aromatic N) is 1. The van der Waals surface area contributed by atoms with Crippen molar-refractivity contribution in [3.8, 4) is 11.5 Å². The van der Waals surface area contributed by atoms with E-state index in [1.807, 2.05) is 0 Å². The monoisotopic (exact) mass is 452 g/mol. The number of pyridine rings is 1. The van der Waals surface area contributed by atoms with Gasteiger partial charge in [0.15, 0.2) is 21.3 Å². The number of rotatable bonds is 7. The smallest absolute Gasteiger partial charge is 0.240 e. The van der Waals surface area contributed by atoms with Gasteiger partial charge in [-0.05, 0) is 35.2 Å². The minimum Gasteiger partial charge on any atom is -0.454 e. The van der Waals surface area contributed by atoms with Gasteiger partial charge >= 0.3 is 0 Å². The van der Waals surface area contributed by atoms with Gasteiger partial charge in [-0.3, -0.25) is 4.98 Å². The Kier molecular flexibility index (Phi) is 5.30. The summed E-state index contributed by atoms with van der Waals surface area (Å²) in [5.74, 6) is 0.778. The minimum absolute atomic E-state index is 0.0222. The van der Waals surface area contributed by atoms with Crippen molar-refractivity contribution in [1.82, 2.24) is 9.71 Å². The lowest BCUT2D eigenvalue weighted by Crippen LogP contribution is -2.31. The number of benzene rings is 1. The minimum atomic E-state index is -3.98. The Morgan fingerprint density at radius 1 is 1.07 bits per heavy atom. The van der Waals surface area contributed by atoms with Gasteiger partial charge in [0.05, 0.1) is 4.90 Å². The van der Waals surface area contributed by atoms with Gasteiger partial charge in [-0.1, -0.05) is 12.1 Å². The zero-order chi connectivity index (χ0) is 20.5. The fraction of sp³-hybridized carbons (Fsp3) is 0.167. The number of aromatic nitrogens is 1. The largest absolute Gasteiger partial charge is 0.454 e. The summed E-state index contributed by atoms with van der Waals surface area (Å²) in [5.41, 5.74) is 0.397. The van der Waals surface area contributed by atoms with Crippen LogP contribution in [0.25, 0.3) is 0 Å². The molecule has 11 heteroatoms. The van der Waals surface area contributed by atoms with Crippen LogP contribution < -0.4 is 14.2 Å². The van der Waals surface area contributed by atoms with Gasteiger partial charge in [0.2, 0.25) is 16.8 Å². The van der Waals surface area contributed by atoms with E-state index in [4.69, 9.17) is 9.47 Å². The van der Waals surface area contributed by atoms with Crippen LogP contribution in [0.15, 0.2) is 69.3 Å². The van der Waals surface area contributed by atoms with E-state index in [2.05, 4.69) is 9.71 Å². The highest BCUT2D eigenvalue weighted by Crippen LogP contribution is 2.34. The highest BCUT2D eigenvalue weighted by molar-refractivity contribution is 7.93. The second kappa shape index (κ2) is 7.75. The Morgan fingerprint density at radius 2 is 1.90 bits per heavy atom. The second-order valence-electron chi connectivity index (χ2n) is 6.12. The first-order valence-electron chi connectivity index (χ1n) is 8.44. The van der Waals surface area contributed by atoms with Gasteiger partial charge in [0, 0.05) is 25.0 Å². The van der Waals surface area contributed by atoms with Crippen LogP contribution in [0.3, 0.4) is 0 Å². The fourth-order valence-corrected chi connectivity index (χ4v) is 6.87. The molecule has 0 unspecified atom stereocenters. The third-order valence-electron chi connectivity index (χ3n) is 4.32. The zero-order valence-corrected chi connectivity index (χ0v) is 17.3. The second-order valence-corrected chi connectivity index (χ2v) is 11.2. The van der Waals surface area contributed by atoms with Crippen molar-refractivity contribution in [2.24, 2.45) is 0 Å². The summed E-state index contributed by atoms with van der Waals surface area (Å²) < 4.78 is 64.7. The molecule has 1 aliphatic heterocycles. The van der Waals surface area contributed by atoms with Crippen molar-refractivity contribution < 1.29 is 26.3 Å². The first-order valence-corrected chi connectivity index (χ1v) is 12.4. The average Bonchev–Trinajstić information content (AvgIpc) is 3.40. The van der Waals surface area contributed by atoms with Crippen molar-refractivity contribution in [3.63, 3.8) is 0 Å². The molecular formula is C18H16N2O6S3. The van der Waals surface area contributed by atoms with Gasteiger partial charge in [-0.2, -0.15) is 0 Å². The summed E-state index contributed by atoms with van der Waals surface area (Å²) in [7, 11) is -7.80. The molecule has 0 saturated carbocycles. The van der Waals surface area contributed by atoms with Gasteiger partial charge in [-0.25, -0.2) is 21.6 Å². The molecule has 0 fully saturated rings. The topological polar surface area (TPSA) is 112 Å². The Morgan fingerprint density at radius 3 is 2.62 bits per heavy atom. The molecular weight excluding hydrogens is 436 g/mol. The molecule has 3 aromatic rings.